The minimum atomic E-state index is 0.0224. The summed E-state index contributed by atoms with van der Waals surface area (Å²) in [6.07, 6.45) is 4.94. The molecule has 2 aliphatic rings. The highest BCUT2D eigenvalue weighted by Gasteiger charge is 2.27. The fraction of sp³-hybridized carbons (Fsp3) is 0.474. The van der Waals surface area contributed by atoms with E-state index in [2.05, 4.69) is 15.2 Å². The Morgan fingerprint density at radius 1 is 1.15 bits per heavy atom. The molecule has 2 aromatic heterocycles. The summed E-state index contributed by atoms with van der Waals surface area (Å²) in [6.45, 7) is 5.61. The molecule has 0 bridgehead atoms. The van der Waals surface area contributed by atoms with Gasteiger partial charge in [0.1, 0.15) is 11.5 Å². The Morgan fingerprint density at radius 2 is 2.00 bits per heavy atom. The van der Waals surface area contributed by atoms with Crippen LogP contribution in [-0.2, 0) is 12.8 Å². The molecule has 7 nitrogen and oxygen atoms in total. The van der Waals surface area contributed by atoms with Gasteiger partial charge >= 0.3 is 6.03 Å². The second-order valence-electron chi connectivity index (χ2n) is 6.67. The maximum Gasteiger partial charge on any atom is 0.317 e. The highest BCUT2D eigenvalue weighted by Crippen LogP contribution is 2.31. The van der Waals surface area contributed by atoms with E-state index < -0.39 is 0 Å². The SMILES string of the molecule is CCNC(=O)N1CCN(c2nc(-c3ccccn3)nc3c2CCC3)CC1. The van der Waals surface area contributed by atoms with E-state index >= 15 is 0 Å². The number of rotatable bonds is 3. The summed E-state index contributed by atoms with van der Waals surface area (Å²) in [4.78, 5) is 30.3. The summed E-state index contributed by atoms with van der Waals surface area (Å²) in [6, 6.07) is 5.84. The van der Waals surface area contributed by atoms with Crippen molar-refractivity contribution in [2.45, 2.75) is 26.2 Å². The van der Waals surface area contributed by atoms with Crippen LogP contribution in [0.4, 0.5) is 10.6 Å². The van der Waals surface area contributed by atoms with Crippen molar-refractivity contribution in [2.75, 3.05) is 37.6 Å². The average Bonchev–Trinajstić information content (AvgIpc) is 3.17. The van der Waals surface area contributed by atoms with Gasteiger partial charge in [-0.25, -0.2) is 14.8 Å². The first-order valence-corrected chi connectivity index (χ1v) is 9.35. The molecule has 0 radical (unpaired) electrons. The predicted molar refractivity (Wildman–Crippen MR) is 100 cm³/mol. The molecule has 1 N–H and O–H groups in total. The molecule has 1 aliphatic carbocycles. The molecule has 0 unspecified atom stereocenters. The lowest BCUT2D eigenvalue weighted by molar-refractivity contribution is 0.195. The third-order valence-corrected chi connectivity index (χ3v) is 5.00. The number of nitrogens with zero attached hydrogens (tertiary/aromatic N) is 5. The van der Waals surface area contributed by atoms with Crippen molar-refractivity contribution in [1.82, 2.24) is 25.2 Å². The number of carbonyl (C=O) groups excluding carboxylic acids is 1. The molecule has 1 aliphatic heterocycles. The number of aryl methyl sites for hydroxylation is 1. The molecule has 0 atom stereocenters. The van der Waals surface area contributed by atoms with Gasteiger partial charge in [-0.15, -0.1) is 0 Å². The second kappa shape index (κ2) is 7.27. The summed E-state index contributed by atoms with van der Waals surface area (Å²) in [5.41, 5.74) is 3.24. The number of piperazine rings is 1. The molecule has 0 spiro atoms. The lowest BCUT2D eigenvalue weighted by atomic mass is 10.2. The highest BCUT2D eigenvalue weighted by atomic mass is 16.2. The van der Waals surface area contributed by atoms with Crippen molar-refractivity contribution >= 4 is 11.8 Å². The zero-order chi connectivity index (χ0) is 17.9. The van der Waals surface area contributed by atoms with Crippen LogP contribution >= 0.6 is 0 Å². The Bertz CT molecular complexity index is 786. The van der Waals surface area contributed by atoms with Crippen molar-refractivity contribution in [2.24, 2.45) is 0 Å². The minimum Gasteiger partial charge on any atom is -0.353 e. The number of urea groups is 1. The number of hydrogen-bond acceptors (Lipinski definition) is 5. The van der Waals surface area contributed by atoms with Crippen LogP contribution in [0.2, 0.25) is 0 Å². The summed E-state index contributed by atoms with van der Waals surface area (Å²) < 4.78 is 0. The van der Waals surface area contributed by atoms with E-state index in [1.807, 2.05) is 30.0 Å². The monoisotopic (exact) mass is 352 g/mol. The topological polar surface area (TPSA) is 74.2 Å². The summed E-state index contributed by atoms with van der Waals surface area (Å²) in [5, 5.41) is 2.88. The summed E-state index contributed by atoms with van der Waals surface area (Å²) in [5.74, 6) is 1.73. The first kappa shape index (κ1) is 16.8. The standard InChI is InChI=1S/C19H24N6O/c1-2-20-19(26)25-12-10-24(11-13-25)18-14-6-5-8-15(14)22-17(23-18)16-7-3-4-9-21-16/h3-4,7,9H,2,5-6,8,10-13H2,1H3,(H,20,26). The van der Waals surface area contributed by atoms with Gasteiger partial charge < -0.3 is 15.1 Å². The third-order valence-electron chi connectivity index (χ3n) is 5.00. The van der Waals surface area contributed by atoms with Crippen LogP contribution in [0.1, 0.15) is 24.6 Å². The Morgan fingerprint density at radius 3 is 2.73 bits per heavy atom. The van der Waals surface area contributed by atoms with Crippen LogP contribution in [0.15, 0.2) is 24.4 Å². The Hall–Kier alpha value is -2.70. The van der Waals surface area contributed by atoms with Crippen LogP contribution in [0.25, 0.3) is 11.5 Å². The number of amides is 2. The molecule has 0 aromatic carbocycles. The van der Waals surface area contributed by atoms with E-state index in [0.717, 1.165) is 49.6 Å². The maximum absolute atomic E-state index is 12.0. The molecular formula is C19H24N6O. The van der Waals surface area contributed by atoms with Crippen molar-refractivity contribution < 1.29 is 4.79 Å². The van der Waals surface area contributed by atoms with Crippen LogP contribution in [0.5, 0.6) is 0 Å². The number of carbonyl (C=O) groups is 1. The number of pyridine rings is 1. The summed E-state index contributed by atoms with van der Waals surface area (Å²) in [7, 11) is 0. The fourth-order valence-electron chi connectivity index (χ4n) is 3.67. The zero-order valence-electron chi connectivity index (χ0n) is 15.1. The first-order valence-electron chi connectivity index (χ1n) is 9.35. The van der Waals surface area contributed by atoms with Crippen LogP contribution in [0.3, 0.4) is 0 Å². The van der Waals surface area contributed by atoms with E-state index in [0.29, 0.717) is 25.5 Å². The van der Waals surface area contributed by atoms with Gasteiger partial charge in [0.15, 0.2) is 5.82 Å². The number of anilines is 1. The van der Waals surface area contributed by atoms with Gasteiger partial charge in [0.05, 0.1) is 0 Å². The van der Waals surface area contributed by atoms with Crippen molar-refractivity contribution in [3.8, 4) is 11.5 Å². The molecule has 4 rings (SSSR count). The van der Waals surface area contributed by atoms with Crippen molar-refractivity contribution in [1.29, 1.82) is 0 Å². The number of hydrogen-bond donors (Lipinski definition) is 1. The molecule has 136 valence electrons. The van der Waals surface area contributed by atoms with Crippen LogP contribution < -0.4 is 10.2 Å². The van der Waals surface area contributed by atoms with E-state index in [4.69, 9.17) is 9.97 Å². The molecule has 1 fully saturated rings. The molecule has 2 aromatic rings. The molecule has 26 heavy (non-hydrogen) atoms. The molecule has 3 heterocycles. The second-order valence-corrected chi connectivity index (χ2v) is 6.67. The molecule has 2 amide bonds. The van der Waals surface area contributed by atoms with Gasteiger partial charge in [-0.1, -0.05) is 6.07 Å². The molecule has 7 heteroatoms. The zero-order valence-corrected chi connectivity index (χ0v) is 15.1. The lowest BCUT2D eigenvalue weighted by Gasteiger charge is -2.36. The maximum atomic E-state index is 12.0. The van der Waals surface area contributed by atoms with Crippen LogP contribution in [-0.4, -0.2) is 58.6 Å². The number of fused-ring (bicyclic) bond motifs is 1. The molecular weight excluding hydrogens is 328 g/mol. The van der Waals surface area contributed by atoms with Crippen molar-refractivity contribution in [3.63, 3.8) is 0 Å². The molecule has 0 saturated carbocycles. The van der Waals surface area contributed by atoms with E-state index in [-0.39, 0.29) is 6.03 Å². The van der Waals surface area contributed by atoms with Gasteiger partial charge in [0, 0.05) is 50.2 Å². The highest BCUT2D eigenvalue weighted by molar-refractivity contribution is 5.74. The van der Waals surface area contributed by atoms with Crippen molar-refractivity contribution in [3.05, 3.63) is 35.7 Å². The predicted octanol–water partition coefficient (Wildman–Crippen LogP) is 1.88. The first-order chi connectivity index (χ1) is 12.8. The minimum absolute atomic E-state index is 0.0224. The molecule has 1 saturated heterocycles. The quantitative estimate of drug-likeness (QED) is 0.913. The van der Waals surface area contributed by atoms with Gasteiger partial charge in [-0.3, -0.25) is 4.98 Å². The van der Waals surface area contributed by atoms with E-state index in [1.54, 1.807) is 6.20 Å². The smallest absolute Gasteiger partial charge is 0.317 e. The van der Waals surface area contributed by atoms with Gasteiger partial charge in [0.25, 0.3) is 0 Å². The third kappa shape index (κ3) is 3.21. The largest absolute Gasteiger partial charge is 0.353 e. The normalized spacial score (nSPS) is 16.5. The fourth-order valence-corrected chi connectivity index (χ4v) is 3.67. The average molecular weight is 352 g/mol. The Labute approximate surface area is 153 Å². The number of aromatic nitrogens is 3. The van der Waals surface area contributed by atoms with E-state index in [1.165, 1.54) is 5.56 Å². The lowest BCUT2D eigenvalue weighted by Crippen LogP contribution is -2.52. The van der Waals surface area contributed by atoms with E-state index in [9.17, 15) is 4.79 Å². The Kier molecular flexibility index (Phi) is 4.69. The van der Waals surface area contributed by atoms with Gasteiger partial charge in [-0.2, -0.15) is 0 Å². The van der Waals surface area contributed by atoms with Crippen LogP contribution in [0, 0.1) is 0 Å². The van der Waals surface area contributed by atoms with Gasteiger partial charge in [-0.05, 0) is 38.3 Å². The van der Waals surface area contributed by atoms with Gasteiger partial charge in [0.2, 0.25) is 0 Å². The number of nitrogens with one attached hydrogen (secondary N) is 1. The Balaban J connectivity index is 1.59. The summed E-state index contributed by atoms with van der Waals surface area (Å²) >= 11 is 0.